The zero-order valence-electron chi connectivity index (χ0n) is 21.2. The second-order valence-corrected chi connectivity index (χ2v) is 10.3. The molecule has 2 aliphatic rings. The van der Waals surface area contributed by atoms with Crippen molar-refractivity contribution in [1.82, 2.24) is 14.5 Å². The summed E-state index contributed by atoms with van der Waals surface area (Å²) in [5.41, 5.74) is 8.82. The summed E-state index contributed by atoms with van der Waals surface area (Å²) in [6.07, 6.45) is 6.54. The molecule has 1 saturated carbocycles. The second kappa shape index (κ2) is 9.25. The largest absolute Gasteiger partial charge is 0.495 e. The van der Waals surface area contributed by atoms with Crippen molar-refractivity contribution < 1.29 is 23.7 Å². The maximum atomic E-state index is 12.3. The predicted molar refractivity (Wildman–Crippen MR) is 136 cm³/mol. The number of anilines is 2. The molecule has 5 rings (SSSR count). The van der Waals surface area contributed by atoms with Crippen molar-refractivity contribution in [3.8, 4) is 16.9 Å². The number of nitrogens with zero attached hydrogens (tertiary/aromatic N) is 3. The first-order chi connectivity index (χ1) is 17.2. The summed E-state index contributed by atoms with van der Waals surface area (Å²) in [4.78, 5) is 21.1. The number of benzene rings is 1. The minimum atomic E-state index is -0.606. The van der Waals surface area contributed by atoms with Crippen LogP contribution in [0.4, 0.5) is 16.3 Å². The third-order valence-corrected chi connectivity index (χ3v) is 6.71. The lowest BCUT2D eigenvalue weighted by Gasteiger charge is -2.36. The number of rotatable bonds is 4. The van der Waals surface area contributed by atoms with Crippen LogP contribution in [0.1, 0.15) is 52.5 Å². The summed E-state index contributed by atoms with van der Waals surface area (Å²) in [5.74, 6) is 0.490. The maximum absolute atomic E-state index is 12.3. The van der Waals surface area contributed by atoms with Crippen LogP contribution in [-0.4, -0.2) is 52.3 Å². The van der Waals surface area contributed by atoms with Crippen LogP contribution in [0, 0.1) is 0 Å². The van der Waals surface area contributed by atoms with E-state index in [-0.39, 0.29) is 6.04 Å². The van der Waals surface area contributed by atoms with Gasteiger partial charge in [-0.05, 0) is 51.3 Å². The van der Waals surface area contributed by atoms with E-state index in [1.165, 1.54) is 6.33 Å². The zero-order chi connectivity index (χ0) is 25.5. The molecule has 192 valence electrons. The number of carbonyl (C=O) groups excluding carboxylic acids is 1. The van der Waals surface area contributed by atoms with Gasteiger partial charge in [-0.25, -0.2) is 14.8 Å². The molecule has 3 aromatic rings. The summed E-state index contributed by atoms with van der Waals surface area (Å²) >= 11 is 0. The predicted octanol–water partition coefficient (Wildman–Crippen LogP) is 4.89. The SMILES string of the molecule is COc1cc(-c2cn(C3CCC4(CC3)OCCO4)c3ncnc(N)c23)ccc1NC(=O)OC(C)(C)C. The van der Waals surface area contributed by atoms with Crippen molar-refractivity contribution >= 4 is 28.6 Å². The van der Waals surface area contributed by atoms with Crippen LogP contribution in [0.3, 0.4) is 0 Å². The van der Waals surface area contributed by atoms with Gasteiger partial charge < -0.3 is 29.2 Å². The minimum Gasteiger partial charge on any atom is -0.495 e. The van der Waals surface area contributed by atoms with Crippen LogP contribution in [0.15, 0.2) is 30.7 Å². The van der Waals surface area contributed by atoms with Gasteiger partial charge in [0.25, 0.3) is 0 Å². The Balaban J connectivity index is 1.47. The summed E-state index contributed by atoms with van der Waals surface area (Å²) in [6, 6.07) is 5.81. The van der Waals surface area contributed by atoms with Gasteiger partial charge >= 0.3 is 6.09 Å². The number of nitrogens with two attached hydrogens (primary N) is 1. The van der Waals surface area contributed by atoms with E-state index in [4.69, 9.17) is 24.7 Å². The molecular weight excluding hydrogens is 462 g/mol. The highest BCUT2D eigenvalue weighted by Crippen LogP contribution is 2.44. The van der Waals surface area contributed by atoms with Crippen LogP contribution in [0.5, 0.6) is 5.75 Å². The zero-order valence-corrected chi connectivity index (χ0v) is 21.2. The quantitative estimate of drug-likeness (QED) is 0.524. The van der Waals surface area contributed by atoms with Gasteiger partial charge in [0, 0.05) is 30.6 Å². The van der Waals surface area contributed by atoms with E-state index in [1.54, 1.807) is 13.2 Å². The van der Waals surface area contributed by atoms with Gasteiger partial charge in [0.05, 0.1) is 31.4 Å². The Bertz CT molecular complexity index is 1270. The molecule has 2 aromatic heterocycles. The first-order valence-corrected chi connectivity index (χ1v) is 12.3. The van der Waals surface area contributed by atoms with Crippen LogP contribution < -0.4 is 15.8 Å². The Morgan fingerprint density at radius 2 is 1.92 bits per heavy atom. The Hall–Kier alpha value is -3.37. The molecule has 0 atom stereocenters. The Labute approximate surface area is 210 Å². The number of amides is 1. The molecule has 2 fully saturated rings. The van der Waals surface area contributed by atoms with E-state index in [2.05, 4.69) is 26.0 Å². The fourth-order valence-corrected chi connectivity index (χ4v) is 5.09. The van der Waals surface area contributed by atoms with Crippen molar-refractivity contribution in [3.05, 3.63) is 30.7 Å². The Morgan fingerprint density at radius 1 is 1.19 bits per heavy atom. The van der Waals surface area contributed by atoms with E-state index in [9.17, 15) is 4.79 Å². The van der Waals surface area contributed by atoms with Gasteiger partial charge in [-0.2, -0.15) is 0 Å². The van der Waals surface area contributed by atoms with Crippen molar-refractivity contribution in [2.24, 2.45) is 0 Å². The lowest BCUT2D eigenvalue weighted by Crippen LogP contribution is -2.35. The molecule has 1 amide bonds. The second-order valence-electron chi connectivity index (χ2n) is 10.3. The topological polar surface area (TPSA) is 123 Å². The number of fused-ring (bicyclic) bond motifs is 1. The summed E-state index contributed by atoms with van der Waals surface area (Å²) < 4.78 is 25.0. The molecule has 1 aliphatic carbocycles. The maximum Gasteiger partial charge on any atom is 0.412 e. The highest BCUT2D eigenvalue weighted by atomic mass is 16.7. The number of ether oxygens (including phenoxy) is 4. The molecule has 1 saturated heterocycles. The molecule has 3 N–H and O–H groups in total. The average molecular weight is 496 g/mol. The van der Waals surface area contributed by atoms with Crippen molar-refractivity contribution in [2.75, 3.05) is 31.4 Å². The first kappa shape index (κ1) is 24.3. The number of methoxy groups -OCH3 is 1. The Morgan fingerprint density at radius 3 is 2.58 bits per heavy atom. The number of aromatic nitrogens is 3. The lowest BCUT2D eigenvalue weighted by molar-refractivity contribution is -0.181. The fraction of sp³-hybridized carbons (Fsp3) is 0.500. The van der Waals surface area contributed by atoms with Crippen LogP contribution in [0.25, 0.3) is 22.2 Å². The molecule has 36 heavy (non-hydrogen) atoms. The van der Waals surface area contributed by atoms with Crippen molar-refractivity contribution in [1.29, 1.82) is 0 Å². The van der Waals surface area contributed by atoms with Gasteiger partial charge in [-0.3, -0.25) is 5.32 Å². The molecule has 1 aromatic carbocycles. The molecule has 0 unspecified atom stereocenters. The number of hydrogen-bond donors (Lipinski definition) is 2. The van der Waals surface area contributed by atoms with E-state index in [1.807, 2.05) is 32.9 Å². The van der Waals surface area contributed by atoms with Gasteiger partial charge in [-0.15, -0.1) is 0 Å². The fourth-order valence-electron chi connectivity index (χ4n) is 5.09. The van der Waals surface area contributed by atoms with Crippen LogP contribution in [0.2, 0.25) is 0 Å². The van der Waals surface area contributed by atoms with Crippen LogP contribution in [-0.2, 0) is 14.2 Å². The van der Waals surface area contributed by atoms with E-state index < -0.39 is 17.5 Å². The van der Waals surface area contributed by atoms with Gasteiger partial charge in [0.2, 0.25) is 0 Å². The standard InChI is InChI=1S/C26H33N5O5/c1-25(2,3)36-24(32)30-19-6-5-16(13-20(19)33-4)18-14-31(23-21(18)22(27)28-15-29-23)17-7-9-26(10-8-17)34-11-12-35-26/h5-6,13-15,17H,7-12H2,1-4H3,(H,30,32)(H2,27,28,29). The van der Waals surface area contributed by atoms with E-state index >= 15 is 0 Å². The molecular formula is C26H33N5O5. The van der Waals surface area contributed by atoms with Gasteiger partial charge in [-0.1, -0.05) is 6.07 Å². The molecule has 10 nitrogen and oxygen atoms in total. The molecule has 3 heterocycles. The number of carbonyl (C=O) groups is 1. The van der Waals surface area contributed by atoms with Gasteiger partial charge in [0.1, 0.15) is 29.1 Å². The van der Waals surface area contributed by atoms with Crippen LogP contribution >= 0.6 is 0 Å². The number of nitrogen functional groups attached to an aromatic ring is 1. The number of nitrogens with one attached hydrogen (secondary N) is 1. The highest BCUT2D eigenvalue weighted by Gasteiger charge is 2.41. The molecule has 1 spiro atoms. The highest BCUT2D eigenvalue weighted by molar-refractivity contribution is 6.01. The van der Waals surface area contributed by atoms with Crippen molar-refractivity contribution in [2.45, 2.75) is 63.9 Å². The summed E-state index contributed by atoms with van der Waals surface area (Å²) in [7, 11) is 1.56. The lowest BCUT2D eigenvalue weighted by atomic mass is 9.90. The molecule has 0 radical (unpaired) electrons. The summed E-state index contributed by atoms with van der Waals surface area (Å²) in [5, 5.41) is 3.55. The van der Waals surface area contributed by atoms with Gasteiger partial charge in [0.15, 0.2) is 5.79 Å². The Kier molecular flexibility index (Phi) is 6.25. The summed E-state index contributed by atoms with van der Waals surface area (Å²) in [6.45, 7) is 6.76. The third-order valence-electron chi connectivity index (χ3n) is 6.71. The molecule has 0 bridgehead atoms. The molecule has 10 heteroatoms. The average Bonchev–Trinajstić information content (AvgIpc) is 3.45. The first-order valence-electron chi connectivity index (χ1n) is 12.3. The monoisotopic (exact) mass is 495 g/mol. The van der Waals surface area contributed by atoms with E-state index in [0.717, 1.165) is 47.8 Å². The number of hydrogen-bond acceptors (Lipinski definition) is 8. The van der Waals surface area contributed by atoms with E-state index in [0.29, 0.717) is 30.5 Å². The normalized spacial score (nSPS) is 18.0. The third kappa shape index (κ3) is 4.70. The molecule has 1 aliphatic heterocycles. The van der Waals surface area contributed by atoms with Crippen molar-refractivity contribution in [3.63, 3.8) is 0 Å². The smallest absolute Gasteiger partial charge is 0.412 e. The minimum absolute atomic E-state index is 0.240.